The summed E-state index contributed by atoms with van der Waals surface area (Å²) in [5.41, 5.74) is 4.85. The third kappa shape index (κ3) is 3.79. The summed E-state index contributed by atoms with van der Waals surface area (Å²) < 4.78 is 8.03. The first kappa shape index (κ1) is 18.4. The topological polar surface area (TPSA) is 52.0 Å². The minimum Gasteiger partial charge on any atom is -0.489 e. The van der Waals surface area contributed by atoms with Crippen LogP contribution in [0.4, 0.5) is 5.95 Å². The van der Waals surface area contributed by atoms with Crippen molar-refractivity contribution in [1.29, 1.82) is 0 Å². The number of aryl methyl sites for hydroxylation is 1. The summed E-state index contributed by atoms with van der Waals surface area (Å²) in [6.07, 6.45) is 2.50. The number of aromatic nitrogens is 3. The van der Waals surface area contributed by atoms with Crippen LogP contribution in [0.2, 0.25) is 0 Å². The Morgan fingerprint density at radius 3 is 2.63 bits per heavy atom. The fourth-order valence-corrected chi connectivity index (χ4v) is 3.97. The second-order valence-electron chi connectivity index (χ2n) is 7.73. The lowest BCUT2D eigenvalue weighted by molar-refractivity contribution is 0.305. The van der Waals surface area contributed by atoms with Crippen LogP contribution in [0.3, 0.4) is 0 Å². The van der Waals surface area contributed by atoms with E-state index < -0.39 is 0 Å². The van der Waals surface area contributed by atoms with Crippen LogP contribution in [-0.2, 0) is 6.61 Å². The van der Waals surface area contributed by atoms with Crippen LogP contribution >= 0.6 is 0 Å². The Kier molecular flexibility index (Phi) is 4.93. The number of nitrogens with one attached hydrogen (secondary N) is 1. The molecule has 150 valence electrons. The molecule has 1 aromatic heterocycles. The van der Waals surface area contributed by atoms with E-state index in [0.29, 0.717) is 6.61 Å². The molecule has 1 aliphatic heterocycles. The maximum Gasteiger partial charge on any atom is 0.222 e. The first-order valence-electron chi connectivity index (χ1n) is 10.3. The molecular formula is C25H24N4O. The van der Waals surface area contributed by atoms with E-state index in [4.69, 9.17) is 4.74 Å². The second kappa shape index (κ2) is 8.03. The Balaban J connectivity index is 1.40. The molecule has 30 heavy (non-hydrogen) atoms. The van der Waals surface area contributed by atoms with Crippen LogP contribution in [-0.4, -0.2) is 14.8 Å². The zero-order chi connectivity index (χ0) is 20.3. The van der Waals surface area contributed by atoms with Crippen LogP contribution in [0, 0.1) is 6.92 Å². The van der Waals surface area contributed by atoms with Crippen LogP contribution in [0.5, 0.6) is 5.75 Å². The number of rotatable bonds is 5. The highest BCUT2D eigenvalue weighted by Gasteiger charge is 2.30. The standard InChI is InChI=1S/C25H24N4O/c1-18-10-12-20(13-11-18)23-15-24(29-25(28-23)26-17-27-29)21-8-5-9-22(14-21)30-16-19-6-3-2-4-7-19/h2-14,17,23-24H,15-16H2,1H3,(H,26,27,28)/t23-,24-/m1/s1. The van der Waals surface area contributed by atoms with Crippen molar-refractivity contribution >= 4 is 5.95 Å². The van der Waals surface area contributed by atoms with Crippen molar-refractivity contribution in [2.45, 2.75) is 32.0 Å². The van der Waals surface area contributed by atoms with Gasteiger partial charge >= 0.3 is 0 Å². The average Bonchev–Trinajstić information content (AvgIpc) is 3.27. The molecule has 0 saturated carbocycles. The van der Waals surface area contributed by atoms with Crippen molar-refractivity contribution in [3.05, 3.63) is 107 Å². The van der Waals surface area contributed by atoms with E-state index in [9.17, 15) is 0 Å². The summed E-state index contributed by atoms with van der Waals surface area (Å²) in [4.78, 5) is 4.43. The van der Waals surface area contributed by atoms with Crippen molar-refractivity contribution in [2.24, 2.45) is 0 Å². The van der Waals surface area contributed by atoms with Gasteiger partial charge in [0.1, 0.15) is 18.7 Å². The molecule has 0 aliphatic carbocycles. The van der Waals surface area contributed by atoms with Gasteiger partial charge in [-0.1, -0.05) is 72.3 Å². The van der Waals surface area contributed by atoms with Crippen molar-refractivity contribution in [1.82, 2.24) is 14.8 Å². The zero-order valence-corrected chi connectivity index (χ0v) is 16.9. The minimum atomic E-state index is 0.0929. The van der Waals surface area contributed by atoms with Gasteiger partial charge < -0.3 is 10.1 Å². The maximum atomic E-state index is 6.06. The lowest BCUT2D eigenvalue weighted by atomic mass is 9.93. The van der Waals surface area contributed by atoms with Crippen molar-refractivity contribution < 1.29 is 4.74 Å². The quantitative estimate of drug-likeness (QED) is 0.497. The largest absolute Gasteiger partial charge is 0.489 e. The summed E-state index contributed by atoms with van der Waals surface area (Å²) in [5.74, 6) is 1.66. The van der Waals surface area contributed by atoms with Gasteiger partial charge in [-0.2, -0.15) is 10.1 Å². The molecule has 3 aromatic carbocycles. The van der Waals surface area contributed by atoms with E-state index in [0.717, 1.165) is 23.7 Å². The van der Waals surface area contributed by atoms with Gasteiger partial charge in [0.25, 0.3) is 0 Å². The van der Waals surface area contributed by atoms with E-state index in [1.807, 2.05) is 28.9 Å². The van der Waals surface area contributed by atoms with Gasteiger partial charge in [0.05, 0.1) is 12.1 Å². The maximum absolute atomic E-state index is 6.06. The summed E-state index contributed by atoms with van der Waals surface area (Å²) in [6.45, 7) is 2.66. The Morgan fingerprint density at radius 2 is 1.80 bits per heavy atom. The molecule has 5 rings (SSSR count). The summed E-state index contributed by atoms with van der Waals surface area (Å²) in [6, 6.07) is 27.5. The van der Waals surface area contributed by atoms with E-state index >= 15 is 0 Å². The molecule has 0 amide bonds. The first-order chi connectivity index (χ1) is 14.8. The highest BCUT2D eigenvalue weighted by atomic mass is 16.5. The van der Waals surface area contributed by atoms with Crippen molar-refractivity contribution in [3.63, 3.8) is 0 Å². The number of nitrogens with zero attached hydrogens (tertiary/aromatic N) is 3. The molecule has 2 atom stereocenters. The van der Waals surface area contributed by atoms with Gasteiger partial charge in [-0.25, -0.2) is 4.68 Å². The highest BCUT2D eigenvalue weighted by Crippen LogP contribution is 2.38. The molecule has 5 heteroatoms. The summed E-state index contributed by atoms with van der Waals surface area (Å²) >= 11 is 0. The third-order valence-electron chi connectivity index (χ3n) is 5.60. The van der Waals surface area contributed by atoms with E-state index in [1.165, 1.54) is 16.7 Å². The molecule has 5 nitrogen and oxygen atoms in total. The van der Waals surface area contributed by atoms with Gasteiger partial charge in [0.15, 0.2) is 0 Å². The lowest BCUT2D eigenvalue weighted by Gasteiger charge is -2.32. The zero-order valence-electron chi connectivity index (χ0n) is 16.9. The van der Waals surface area contributed by atoms with Crippen LogP contribution in [0.1, 0.15) is 40.8 Å². The predicted octanol–water partition coefficient (Wildman–Crippen LogP) is 5.31. The lowest BCUT2D eigenvalue weighted by Crippen LogP contribution is -2.28. The predicted molar refractivity (Wildman–Crippen MR) is 118 cm³/mol. The number of fused-ring (bicyclic) bond motifs is 1. The molecule has 0 radical (unpaired) electrons. The number of benzene rings is 3. The first-order valence-corrected chi connectivity index (χ1v) is 10.3. The van der Waals surface area contributed by atoms with E-state index in [1.54, 1.807) is 6.33 Å². The van der Waals surface area contributed by atoms with Gasteiger partial charge in [0.2, 0.25) is 5.95 Å². The number of hydrogen-bond acceptors (Lipinski definition) is 4. The Hall–Kier alpha value is -3.60. The third-order valence-corrected chi connectivity index (χ3v) is 5.60. The molecule has 0 bridgehead atoms. The van der Waals surface area contributed by atoms with Gasteiger partial charge in [-0.3, -0.25) is 0 Å². The van der Waals surface area contributed by atoms with Gasteiger partial charge in [-0.05, 0) is 42.2 Å². The van der Waals surface area contributed by atoms with Crippen LogP contribution in [0.15, 0.2) is 85.2 Å². The Labute approximate surface area is 176 Å². The second-order valence-corrected chi connectivity index (χ2v) is 7.73. The molecule has 4 aromatic rings. The smallest absolute Gasteiger partial charge is 0.222 e. The fraction of sp³-hybridized carbons (Fsp3) is 0.200. The molecule has 0 saturated heterocycles. The van der Waals surface area contributed by atoms with Gasteiger partial charge in [0, 0.05) is 0 Å². The Bertz CT molecular complexity index is 1120. The Morgan fingerprint density at radius 1 is 0.967 bits per heavy atom. The van der Waals surface area contributed by atoms with Crippen molar-refractivity contribution in [3.8, 4) is 5.75 Å². The minimum absolute atomic E-state index is 0.0929. The number of ether oxygens (including phenoxy) is 1. The van der Waals surface area contributed by atoms with Gasteiger partial charge in [-0.15, -0.1) is 0 Å². The van der Waals surface area contributed by atoms with E-state index in [-0.39, 0.29) is 12.1 Å². The normalized spacial score (nSPS) is 17.8. The molecule has 0 fully saturated rings. The fourth-order valence-electron chi connectivity index (χ4n) is 3.97. The monoisotopic (exact) mass is 396 g/mol. The van der Waals surface area contributed by atoms with Crippen LogP contribution in [0.25, 0.3) is 0 Å². The highest BCUT2D eigenvalue weighted by molar-refractivity contribution is 5.40. The molecule has 1 aliphatic rings. The number of anilines is 1. The van der Waals surface area contributed by atoms with E-state index in [2.05, 4.69) is 76.9 Å². The number of hydrogen-bond donors (Lipinski definition) is 1. The average molecular weight is 396 g/mol. The van der Waals surface area contributed by atoms with Crippen LogP contribution < -0.4 is 10.1 Å². The molecule has 0 spiro atoms. The van der Waals surface area contributed by atoms with Crippen molar-refractivity contribution in [2.75, 3.05) is 5.32 Å². The summed E-state index contributed by atoms with van der Waals surface area (Å²) in [7, 11) is 0. The molecular weight excluding hydrogens is 372 g/mol. The molecule has 1 N–H and O–H groups in total. The molecule has 2 heterocycles. The molecule has 0 unspecified atom stereocenters. The SMILES string of the molecule is Cc1ccc([C@H]2C[C@H](c3cccc(OCc4ccccc4)c3)n3ncnc3N2)cc1. The summed E-state index contributed by atoms with van der Waals surface area (Å²) in [5, 5.41) is 8.01.